The predicted molar refractivity (Wildman–Crippen MR) is 83.7 cm³/mol. The van der Waals surface area contributed by atoms with E-state index in [2.05, 4.69) is 10.6 Å². The lowest BCUT2D eigenvalue weighted by molar-refractivity contribution is 0.0957. The number of nitrogens with two attached hydrogens (primary N) is 1. The summed E-state index contributed by atoms with van der Waals surface area (Å²) in [6.45, 7) is 5.26. The molecular formula is C13H22N4O2S. The van der Waals surface area contributed by atoms with Crippen molar-refractivity contribution in [2.24, 2.45) is 0 Å². The summed E-state index contributed by atoms with van der Waals surface area (Å²) in [5, 5.41) is 6.07. The van der Waals surface area contributed by atoms with Crippen LogP contribution < -0.4 is 21.3 Å². The Hall–Kier alpha value is -1.76. The maximum Gasteiger partial charge on any atom is 0.263 e. The number of hydrogen-bond donors (Lipinski definition) is 3. The van der Waals surface area contributed by atoms with Crippen molar-refractivity contribution in [1.29, 1.82) is 0 Å². The number of carbonyl (C=O) groups is 2. The Kier molecular flexibility index (Phi) is 5.82. The first kappa shape index (κ1) is 16.3. The third-order valence-corrected chi connectivity index (χ3v) is 4.26. The number of thiophene rings is 1. The first-order valence-electron chi connectivity index (χ1n) is 6.61. The fraction of sp³-hybridized carbons (Fsp3) is 0.538. The molecule has 20 heavy (non-hydrogen) atoms. The van der Waals surface area contributed by atoms with Gasteiger partial charge in [-0.05, 0) is 13.3 Å². The number of amides is 2. The topological polar surface area (TPSA) is 87.5 Å². The van der Waals surface area contributed by atoms with Crippen LogP contribution in [0, 0.1) is 0 Å². The van der Waals surface area contributed by atoms with Crippen molar-refractivity contribution in [1.82, 2.24) is 10.6 Å². The quantitative estimate of drug-likeness (QED) is 0.738. The summed E-state index contributed by atoms with van der Waals surface area (Å²) in [4.78, 5) is 26.4. The van der Waals surface area contributed by atoms with Crippen molar-refractivity contribution in [3.8, 4) is 0 Å². The largest absolute Gasteiger partial charge is 0.397 e. The molecule has 0 saturated carbocycles. The Balaban J connectivity index is 3.25. The van der Waals surface area contributed by atoms with Gasteiger partial charge in [-0.3, -0.25) is 9.59 Å². The van der Waals surface area contributed by atoms with Crippen molar-refractivity contribution in [3.05, 3.63) is 10.4 Å². The molecule has 1 rings (SSSR count). The summed E-state index contributed by atoms with van der Waals surface area (Å²) in [5.41, 5.74) is 6.63. The van der Waals surface area contributed by atoms with Gasteiger partial charge in [0, 0.05) is 27.2 Å². The van der Waals surface area contributed by atoms with Gasteiger partial charge in [-0.15, -0.1) is 11.3 Å². The predicted octanol–water partition coefficient (Wildman–Crippen LogP) is 1.29. The van der Waals surface area contributed by atoms with Crippen LogP contribution in [0.1, 0.15) is 40.3 Å². The van der Waals surface area contributed by atoms with E-state index in [9.17, 15) is 9.59 Å². The molecule has 0 aromatic carbocycles. The van der Waals surface area contributed by atoms with E-state index < -0.39 is 0 Å². The lowest BCUT2D eigenvalue weighted by Gasteiger charge is -2.16. The third kappa shape index (κ3) is 3.22. The van der Waals surface area contributed by atoms with Crippen LogP contribution in [0.25, 0.3) is 0 Å². The van der Waals surface area contributed by atoms with Gasteiger partial charge in [0.1, 0.15) is 9.88 Å². The molecule has 0 atom stereocenters. The highest BCUT2D eigenvalue weighted by molar-refractivity contribution is 7.19. The Morgan fingerprint density at radius 1 is 1.30 bits per heavy atom. The average molecular weight is 298 g/mol. The molecule has 112 valence electrons. The molecule has 4 N–H and O–H groups in total. The molecule has 0 aliphatic rings. The second kappa shape index (κ2) is 7.14. The SMILES string of the molecule is CCCNC(=O)c1sc(N(C)CC)c(C(=O)NC)c1N. The van der Waals surface area contributed by atoms with E-state index in [1.807, 2.05) is 25.8 Å². The van der Waals surface area contributed by atoms with Crippen LogP contribution in [-0.2, 0) is 0 Å². The number of hydrogen-bond acceptors (Lipinski definition) is 5. The fourth-order valence-corrected chi connectivity index (χ4v) is 2.84. The first-order chi connectivity index (χ1) is 9.47. The molecule has 1 aromatic heterocycles. The van der Waals surface area contributed by atoms with Gasteiger partial charge in [-0.1, -0.05) is 6.92 Å². The van der Waals surface area contributed by atoms with Gasteiger partial charge in [0.2, 0.25) is 0 Å². The van der Waals surface area contributed by atoms with E-state index >= 15 is 0 Å². The van der Waals surface area contributed by atoms with E-state index in [-0.39, 0.29) is 17.5 Å². The summed E-state index contributed by atoms with van der Waals surface area (Å²) < 4.78 is 0. The van der Waals surface area contributed by atoms with Crippen LogP contribution in [0.15, 0.2) is 0 Å². The highest BCUT2D eigenvalue weighted by Gasteiger charge is 2.26. The molecule has 7 heteroatoms. The van der Waals surface area contributed by atoms with Crippen molar-refractivity contribution >= 4 is 33.8 Å². The number of nitrogens with one attached hydrogen (secondary N) is 2. The summed E-state index contributed by atoms with van der Waals surface area (Å²) in [6.07, 6.45) is 0.848. The number of carbonyl (C=O) groups excluding carboxylic acids is 2. The number of nitrogens with zero attached hydrogens (tertiary/aromatic N) is 1. The van der Waals surface area contributed by atoms with E-state index in [1.54, 1.807) is 7.05 Å². The monoisotopic (exact) mass is 298 g/mol. The fourth-order valence-electron chi connectivity index (χ4n) is 1.68. The molecule has 0 saturated heterocycles. The minimum Gasteiger partial charge on any atom is -0.397 e. The maximum atomic E-state index is 12.1. The van der Waals surface area contributed by atoms with E-state index in [1.165, 1.54) is 11.3 Å². The average Bonchev–Trinajstić information content (AvgIpc) is 2.80. The lowest BCUT2D eigenvalue weighted by Crippen LogP contribution is -2.25. The van der Waals surface area contributed by atoms with Gasteiger partial charge in [-0.25, -0.2) is 0 Å². The van der Waals surface area contributed by atoms with Crippen LogP contribution in [0.5, 0.6) is 0 Å². The van der Waals surface area contributed by atoms with Gasteiger partial charge >= 0.3 is 0 Å². The van der Waals surface area contributed by atoms with Crippen LogP contribution in [-0.4, -0.2) is 39.0 Å². The standard InChI is InChI=1S/C13H22N4O2S/c1-5-7-16-12(19)10-9(14)8(11(18)15-3)13(20-10)17(4)6-2/h5-7,14H2,1-4H3,(H,15,18)(H,16,19). The van der Waals surface area contributed by atoms with Crippen molar-refractivity contribution in [2.45, 2.75) is 20.3 Å². The smallest absolute Gasteiger partial charge is 0.263 e. The Morgan fingerprint density at radius 2 is 1.95 bits per heavy atom. The van der Waals surface area contributed by atoms with E-state index in [4.69, 9.17) is 5.73 Å². The molecule has 0 radical (unpaired) electrons. The zero-order valence-corrected chi connectivity index (χ0v) is 13.2. The molecule has 0 fully saturated rings. The van der Waals surface area contributed by atoms with E-state index in [0.717, 1.165) is 13.0 Å². The van der Waals surface area contributed by atoms with Crippen LogP contribution >= 0.6 is 11.3 Å². The second-order valence-electron chi connectivity index (χ2n) is 4.37. The summed E-state index contributed by atoms with van der Waals surface area (Å²) in [7, 11) is 3.41. The number of anilines is 2. The number of rotatable bonds is 6. The molecular weight excluding hydrogens is 276 g/mol. The first-order valence-corrected chi connectivity index (χ1v) is 7.43. The second-order valence-corrected chi connectivity index (χ2v) is 5.37. The molecule has 0 aliphatic heterocycles. The van der Waals surface area contributed by atoms with Gasteiger partial charge in [-0.2, -0.15) is 0 Å². The highest BCUT2D eigenvalue weighted by atomic mass is 32.1. The molecule has 0 aliphatic carbocycles. The summed E-state index contributed by atoms with van der Waals surface area (Å²) in [6, 6.07) is 0. The number of nitrogen functional groups attached to an aromatic ring is 1. The van der Waals surface area contributed by atoms with Crippen molar-refractivity contribution in [3.63, 3.8) is 0 Å². The molecule has 2 amide bonds. The van der Waals surface area contributed by atoms with Gasteiger partial charge in [0.25, 0.3) is 11.8 Å². The van der Waals surface area contributed by atoms with Crippen LogP contribution in [0.4, 0.5) is 10.7 Å². The van der Waals surface area contributed by atoms with Crippen molar-refractivity contribution in [2.75, 3.05) is 37.8 Å². The minimum atomic E-state index is -0.274. The highest BCUT2D eigenvalue weighted by Crippen LogP contribution is 2.37. The van der Waals surface area contributed by atoms with Crippen molar-refractivity contribution < 1.29 is 9.59 Å². The zero-order valence-electron chi connectivity index (χ0n) is 12.4. The molecule has 0 unspecified atom stereocenters. The zero-order chi connectivity index (χ0) is 15.3. The molecule has 0 bridgehead atoms. The van der Waals surface area contributed by atoms with E-state index in [0.29, 0.717) is 22.0 Å². The van der Waals surface area contributed by atoms with Gasteiger partial charge in [0.05, 0.1) is 11.3 Å². The summed E-state index contributed by atoms with van der Waals surface area (Å²) in [5.74, 6) is -0.501. The maximum absolute atomic E-state index is 12.1. The molecule has 6 nitrogen and oxygen atoms in total. The van der Waals surface area contributed by atoms with Crippen LogP contribution in [0.2, 0.25) is 0 Å². The molecule has 0 spiro atoms. The van der Waals surface area contributed by atoms with Gasteiger partial charge < -0.3 is 21.3 Å². The minimum absolute atomic E-state index is 0.227. The van der Waals surface area contributed by atoms with Crippen LogP contribution in [0.3, 0.4) is 0 Å². The molecule has 1 heterocycles. The Morgan fingerprint density at radius 3 is 2.45 bits per heavy atom. The Labute approximate surface area is 123 Å². The summed E-state index contributed by atoms with van der Waals surface area (Å²) >= 11 is 1.25. The normalized spacial score (nSPS) is 10.2. The lowest BCUT2D eigenvalue weighted by atomic mass is 10.2. The Bertz CT molecular complexity index is 499. The van der Waals surface area contributed by atoms with Gasteiger partial charge in [0.15, 0.2) is 0 Å². The molecule has 1 aromatic rings. The third-order valence-electron chi connectivity index (χ3n) is 2.94.